The molecular weight excluding hydrogens is 932 g/mol. The fourth-order valence-corrected chi connectivity index (χ4v) is 14.7. The van der Waals surface area contributed by atoms with Crippen molar-refractivity contribution in [1.29, 1.82) is 0 Å². The third-order valence-corrected chi connectivity index (χ3v) is 19.5. The number of hydrogen-bond donors (Lipinski definition) is 1. The minimum atomic E-state index is -0.333. The molecule has 0 atom stereocenters. The Morgan fingerprint density at radius 1 is 0.519 bits per heavy atom. The first-order valence-electron chi connectivity index (χ1n) is 28.5. The largest absolute Gasteiger partial charge is 0.455 e. The average Bonchev–Trinajstić information content (AvgIpc) is 4.23. The Balaban J connectivity index is 1.17. The van der Waals surface area contributed by atoms with E-state index in [9.17, 15) is 0 Å². The van der Waals surface area contributed by atoms with E-state index in [1.807, 2.05) is 0 Å². The van der Waals surface area contributed by atoms with E-state index in [1.165, 1.54) is 94.2 Å². The van der Waals surface area contributed by atoms with E-state index in [0.29, 0.717) is 0 Å². The molecule has 2 aromatic heterocycles. The normalized spacial score (nSPS) is 17.8. The van der Waals surface area contributed by atoms with E-state index in [2.05, 4.69) is 253 Å². The van der Waals surface area contributed by atoms with Crippen LogP contribution in [0.5, 0.6) is 0 Å². The van der Waals surface area contributed by atoms with E-state index >= 15 is 0 Å². The third-order valence-electron chi connectivity index (χ3n) is 19.5. The Hall–Kier alpha value is -7.04. The van der Waals surface area contributed by atoms with Gasteiger partial charge < -0.3 is 14.3 Å². The van der Waals surface area contributed by atoms with Gasteiger partial charge >= 0.3 is 0 Å². The van der Waals surface area contributed by atoms with Gasteiger partial charge in [0.1, 0.15) is 11.3 Å². The van der Waals surface area contributed by atoms with E-state index in [4.69, 9.17) is 4.42 Å². The Bertz CT molecular complexity index is 4130. The summed E-state index contributed by atoms with van der Waals surface area (Å²) < 4.78 is 9.91. The molecule has 4 aliphatic rings. The maximum atomic E-state index is 7.20. The van der Waals surface area contributed by atoms with E-state index in [0.717, 1.165) is 75.9 Å². The average molecular weight is 1000 g/mol. The Morgan fingerprint density at radius 3 is 1.73 bits per heavy atom. The number of hydrogen-bond acceptors (Lipinski definition) is 2. The molecule has 0 bridgehead atoms. The van der Waals surface area contributed by atoms with Gasteiger partial charge in [0, 0.05) is 60.8 Å². The van der Waals surface area contributed by atoms with Gasteiger partial charge in [-0.05, 0) is 168 Å². The molecule has 77 heavy (non-hydrogen) atoms. The second-order valence-corrected chi connectivity index (χ2v) is 27.7. The van der Waals surface area contributed by atoms with Gasteiger partial charge in [-0.2, -0.15) is 0 Å². The molecule has 1 N–H and O–H groups in total. The summed E-state index contributed by atoms with van der Waals surface area (Å²) in [6.07, 6.45) is 4.58. The van der Waals surface area contributed by atoms with Crippen LogP contribution < -0.4 is 16.2 Å². The van der Waals surface area contributed by atoms with Crippen molar-refractivity contribution in [3.05, 3.63) is 185 Å². The van der Waals surface area contributed by atoms with E-state index in [1.54, 1.807) is 0 Å². The van der Waals surface area contributed by atoms with Crippen LogP contribution in [0.25, 0.3) is 83.2 Å². The van der Waals surface area contributed by atoms with Crippen molar-refractivity contribution in [2.24, 2.45) is 0 Å². The van der Waals surface area contributed by atoms with Crippen molar-refractivity contribution in [3.63, 3.8) is 0 Å². The first-order valence-corrected chi connectivity index (χ1v) is 28.5. The lowest BCUT2D eigenvalue weighted by atomic mass is 9.56. The van der Waals surface area contributed by atoms with Crippen LogP contribution in [-0.4, -0.2) is 11.8 Å². The van der Waals surface area contributed by atoms with Gasteiger partial charge in [0.2, 0.25) is 0 Å². The monoisotopic (exact) mass is 1000 g/mol. The number of fused-ring (bicyclic) bond motifs is 12. The summed E-state index contributed by atoms with van der Waals surface area (Å²) in [6, 6.07) is 55.5. The summed E-state index contributed by atoms with van der Waals surface area (Å²) >= 11 is 0. The lowest BCUT2D eigenvalue weighted by Crippen LogP contribution is -2.39. The quantitative estimate of drug-likeness (QED) is 0.174. The van der Waals surface area contributed by atoms with Gasteiger partial charge in [-0.25, -0.2) is 0 Å². The Kier molecular flexibility index (Phi) is 10.1. The molecule has 0 unspecified atom stereocenters. The second kappa shape index (κ2) is 16.0. The summed E-state index contributed by atoms with van der Waals surface area (Å²) in [5.41, 5.74) is 27.7. The first kappa shape index (κ1) is 48.3. The van der Waals surface area contributed by atoms with Crippen molar-refractivity contribution < 1.29 is 4.42 Å². The van der Waals surface area contributed by atoms with Crippen LogP contribution in [0.15, 0.2) is 150 Å². The molecule has 3 nitrogen and oxygen atoms in total. The summed E-state index contributed by atoms with van der Waals surface area (Å²) in [5.74, 6) is 0.899. The highest BCUT2D eigenvalue weighted by Gasteiger charge is 2.46. The lowest BCUT2D eigenvalue weighted by Gasteiger charge is -2.43. The molecule has 4 heteroatoms. The van der Waals surface area contributed by atoms with Crippen molar-refractivity contribution >= 4 is 62.4 Å². The smallest absolute Gasteiger partial charge is 0.198 e. The molecule has 0 saturated heterocycles. The number of nitrogens with zero attached hydrogens (tertiary/aromatic N) is 1. The fraction of sp³-hybridized carbons (Fsp3) is 0.315. The molecule has 1 aliphatic heterocycles. The minimum Gasteiger partial charge on any atom is -0.455 e. The number of aromatic nitrogens is 1. The topological polar surface area (TPSA) is 30.1 Å². The molecule has 0 spiro atoms. The zero-order chi connectivity index (χ0) is 53.5. The standard InChI is InChI=1S/C73H72BN2O/c1-68(2,3)44-28-30-45(31-29-44)75-56-39-53-51(69(4,5)32-34-71(53,8)9)36-47(56)63-64-61(46-26-20-21-27-50(46)73(64,12)13)62-48-37-52-54(72(10,11)35-33-70(52,6)7)40-57(48)76-58-38-49-59(41-55(58)74-65(63)66(62)76)77-67(43-24-18-15-19-25-43)60(49)42-22-16-14-17-23-42/h14-31,36-41,75H,32-35H2,1-13H3. The van der Waals surface area contributed by atoms with Gasteiger partial charge in [0.05, 0.1) is 5.52 Å². The summed E-state index contributed by atoms with van der Waals surface area (Å²) in [5, 5.41) is 7.99. The number of nitrogens with one attached hydrogen (secondary N) is 1. The number of rotatable bonds is 5. The third kappa shape index (κ3) is 7.02. The van der Waals surface area contributed by atoms with Gasteiger partial charge in [-0.3, -0.25) is 0 Å². The van der Waals surface area contributed by atoms with Crippen molar-refractivity contribution in [2.45, 2.75) is 148 Å². The number of benzene rings is 8. The van der Waals surface area contributed by atoms with Gasteiger partial charge in [0.15, 0.2) is 7.28 Å². The van der Waals surface area contributed by atoms with Crippen LogP contribution in [-0.2, 0) is 32.5 Å². The summed E-state index contributed by atoms with van der Waals surface area (Å²) in [4.78, 5) is 0. The minimum absolute atomic E-state index is 0.00928. The molecule has 8 aromatic carbocycles. The van der Waals surface area contributed by atoms with Crippen LogP contribution in [0.3, 0.4) is 0 Å². The highest BCUT2D eigenvalue weighted by Crippen LogP contribution is 2.59. The van der Waals surface area contributed by atoms with Crippen molar-refractivity contribution in [2.75, 3.05) is 5.32 Å². The maximum absolute atomic E-state index is 7.20. The molecule has 3 aliphatic carbocycles. The van der Waals surface area contributed by atoms with Crippen LogP contribution in [0, 0.1) is 0 Å². The molecule has 383 valence electrons. The molecule has 0 amide bonds. The highest BCUT2D eigenvalue weighted by atomic mass is 16.3. The van der Waals surface area contributed by atoms with E-state index in [-0.39, 0.29) is 32.5 Å². The van der Waals surface area contributed by atoms with Crippen molar-refractivity contribution in [3.8, 4) is 50.4 Å². The zero-order valence-electron chi connectivity index (χ0n) is 47.6. The molecule has 0 saturated carbocycles. The van der Waals surface area contributed by atoms with Gasteiger partial charge in [-0.1, -0.05) is 193 Å². The van der Waals surface area contributed by atoms with Gasteiger partial charge in [0.25, 0.3) is 0 Å². The molecule has 3 heterocycles. The molecule has 10 aromatic rings. The lowest BCUT2D eigenvalue weighted by molar-refractivity contribution is 0.332. The maximum Gasteiger partial charge on any atom is 0.198 e. The SMILES string of the molecule is CC(C)(C)c1ccc(Nc2cc3c(cc2-c2c4c(c5c6cc7c(cc6n6c5c2[B]c2cc5oc(-c8ccccc8)c(-c8ccccc8)c5cc2-6)C(C)(C)CCC7(C)C)-c2ccccc2C4(C)C)C(C)(C)CCC3(C)C)cc1. The summed E-state index contributed by atoms with van der Waals surface area (Å²) in [6.45, 7) is 31.7. The molecule has 0 fully saturated rings. The number of anilines is 2. The molecular formula is C73H72BN2O. The number of furan rings is 1. The molecule has 1 radical (unpaired) electrons. The predicted molar refractivity (Wildman–Crippen MR) is 328 cm³/mol. The molecule has 14 rings (SSSR count). The zero-order valence-corrected chi connectivity index (χ0v) is 47.6. The van der Waals surface area contributed by atoms with Crippen LogP contribution >= 0.6 is 0 Å². The van der Waals surface area contributed by atoms with Crippen molar-refractivity contribution in [1.82, 2.24) is 4.57 Å². The highest BCUT2D eigenvalue weighted by molar-refractivity contribution is 6.74. The summed E-state index contributed by atoms with van der Waals surface area (Å²) in [7, 11) is 2.56. The predicted octanol–water partition coefficient (Wildman–Crippen LogP) is 18.5. The first-order chi connectivity index (χ1) is 36.5. The van der Waals surface area contributed by atoms with Gasteiger partial charge in [-0.15, -0.1) is 0 Å². The van der Waals surface area contributed by atoms with Crippen LogP contribution in [0.2, 0.25) is 0 Å². The van der Waals surface area contributed by atoms with Crippen LogP contribution in [0.1, 0.15) is 155 Å². The Labute approximate surface area is 457 Å². The van der Waals surface area contributed by atoms with E-state index < -0.39 is 0 Å². The fourth-order valence-electron chi connectivity index (χ4n) is 14.7. The van der Waals surface area contributed by atoms with Crippen LogP contribution in [0.4, 0.5) is 11.4 Å². The Morgan fingerprint density at radius 2 is 1.09 bits per heavy atom. The second-order valence-electron chi connectivity index (χ2n) is 27.7.